The number of halogens is 1. The Kier molecular flexibility index (Phi) is 8.61. The van der Waals surface area contributed by atoms with Gasteiger partial charge in [-0.2, -0.15) is 5.10 Å². The second-order valence-corrected chi connectivity index (χ2v) is 12.5. The van der Waals surface area contributed by atoms with E-state index in [9.17, 15) is 18.0 Å². The van der Waals surface area contributed by atoms with Gasteiger partial charge in [-0.3, -0.25) is 14.3 Å². The van der Waals surface area contributed by atoms with Gasteiger partial charge in [-0.15, -0.1) is 0 Å². The van der Waals surface area contributed by atoms with Gasteiger partial charge in [0.05, 0.1) is 22.5 Å². The van der Waals surface area contributed by atoms with E-state index in [0.29, 0.717) is 16.4 Å². The lowest BCUT2D eigenvalue weighted by Gasteiger charge is -2.22. The van der Waals surface area contributed by atoms with Gasteiger partial charge >= 0.3 is 0 Å². The second kappa shape index (κ2) is 12.4. The number of carbonyl (C=O) groups is 1. The number of nitrogens with one attached hydrogen (secondary N) is 1. The number of nitrogens with zero attached hydrogens (tertiary/aromatic N) is 5. The molecular weight excluding hydrogens is 600 g/mol. The quantitative estimate of drug-likeness (QED) is 0.185. The number of sulfonamides is 1. The molecule has 1 N–H and O–H groups in total. The molecule has 0 unspecified atom stereocenters. The molecule has 3 aromatic carbocycles. The van der Waals surface area contributed by atoms with Gasteiger partial charge in [0.1, 0.15) is 12.2 Å². The molecule has 10 nitrogen and oxygen atoms in total. The Hall–Kier alpha value is -4.87. The van der Waals surface area contributed by atoms with Gasteiger partial charge in [-0.05, 0) is 69.3 Å². The molecule has 2 heterocycles. The van der Waals surface area contributed by atoms with Crippen LogP contribution in [-0.2, 0) is 21.9 Å². The van der Waals surface area contributed by atoms with Crippen LogP contribution in [0.3, 0.4) is 0 Å². The normalized spacial score (nSPS) is 11.7. The van der Waals surface area contributed by atoms with Crippen molar-refractivity contribution >= 4 is 39.4 Å². The summed E-state index contributed by atoms with van der Waals surface area (Å²) in [6, 6.07) is 25.9. The zero-order chi connectivity index (χ0) is 31.6. The van der Waals surface area contributed by atoms with Crippen LogP contribution < -0.4 is 15.3 Å². The average Bonchev–Trinajstić information content (AvgIpc) is 3.41. The molecule has 44 heavy (non-hydrogen) atoms. The number of hydrazone groups is 1. The lowest BCUT2D eigenvalue weighted by Crippen LogP contribution is -2.42. The molecule has 0 saturated heterocycles. The minimum Gasteiger partial charge on any atom is -0.318 e. The maximum Gasteiger partial charge on any atom is 0.296 e. The predicted molar refractivity (Wildman–Crippen MR) is 173 cm³/mol. The van der Waals surface area contributed by atoms with Crippen molar-refractivity contribution in [2.45, 2.75) is 25.7 Å². The highest BCUT2D eigenvalue weighted by atomic mass is 35.5. The maximum absolute atomic E-state index is 13.9. The maximum atomic E-state index is 13.9. The van der Waals surface area contributed by atoms with Crippen LogP contribution in [0.15, 0.2) is 106 Å². The van der Waals surface area contributed by atoms with Crippen molar-refractivity contribution in [1.29, 1.82) is 0 Å². The fraction of sp³-hybridized carbons (Fsp3) is 0.156. The fourth-order valence-electron chi connectivity index (χ4n) is 5.12. The first kappa shape index (κ1) is 30.6. The number of aromatic nitrogens is 3. The summed E-state index contributed by atoms with van der Waals surface area (Å²) in [5.41, 5.74) is 6.08. The molecular formula is C32H31ClN6O4S. The molecule has 5 rings (SSSR count). The van der Waals surface area contributed by atoms with Gasteiger partial charge in [0.2, 0.25) is 0 Å². The minimum absolute atomic E-state index is 0.0568. The number of para-hydroxylation sites is 1. The van der Waals surface area contributed by atoms with E-state index in [4.69, 9.17) is 11.6 Å². The highest BCUT2D eigenvalue weighted by Crippen LogP contribution is 2.26. The molecule has 0 radical (unpaired) electrons. The van der Waals surface area contributed by atoms with Crippen LogP contribution in [0.1, 0.15) is 22.6 Å². The lowest BCUT2D eigenvalue weighted by atomic mass is 10.2. The standard InChI is InChI=1S/C32H31ClN6O4S/c1-22-18-25(23(2)38(22)28-15-11-12-26(33)19-28)20-34-35-30(40)21-37(44(42,43)29-16-9-6-10-17-29)31-24(3)36(4)39(32(31)41)27-13-7-5-8-14-27/h5-20H,21H2,1-4H3,(H,35,40)/b34-20+. The van der Waals surface area contributed by atoms with Gasteiger partial charge in [-0.25, -0.2) is 22.8 Å². The number of carbonyl (C=O) groups excluding carboxylic acids is 1. The fourth-order valence-corrected chi connectivity index (χ4v) is 6.79. The SMILES string of the molecule is Cc1cc(/C=N/NC(=O)CN(c2c(C)n(C)n(-c3ccccc3)c2=O)S(=O)(=O)c2ccccc2)c(C)n1-c1cccc(Cl)c1. The van der Waals surface area contributed by atoms with E-state index in [0.717, 1.165) is 26.9 Å². The van der Waals surface area contributed by atoms with Crippen LogP contribution in [0, 0.1) is 20.8 Å². The number of amides is 1. The Morgan fingerprint density at radius 2 is 1.55 bits per heavy atom. The average molecular weight is 631 g/mol. The molecule has 0 aliphatic heterocycles. The van der Waals surface area contributed by atoms with Gasteiger partial charge < -0.3 is 4.57 Å². The molecule has 1 amide bonds. The molecule has 0 spiro atoms. The third-order valence-corrected chi connectivity index (χ3v) is 9.32. The summed E-state index contributed by atoms with van der Waals surface area (Å²) in [5, 5.41) is 4.72. The zero-order valence-electron chi connectivity index (χ0n) is 24.6. The summed E-state index contributed by atoms with van der Waals surface area (Å²) in [4.78, 5) is 27.0. The summed E-state index contributed by atoms with van der Waals surface area (Å²) in [6.45, 7) is 4.82. The van der Waals surface area contributed by atoms with E-state index in [-0.39, 0.29) is 10.6 Å². The molecule has 0 bridgehead atoms. The van der Waals surface area contributed by atoms with E-state index in [1.807, 2.05) is 48.7 Å². The van der Waals surface area contributed by atoms with Gasteiger partial charge in [0, 0.05) is 34.7 Å². The number of aryl methyl sites for hydroxylation is 1. The predicted octanol–water partition coefficient (Wildman–Crippen LogP) is 4.89. The van der Waals surface area contributed by atoms with Crippen molar-refractivity contribution in [3.8, 4) is 11.4 Å². The Labute approximate surface area is 260 Å². The molecule has 0 atom stereocenters. The number of anilines is 1. The van der Waals surface area contributed by atoms with E-state index in [1.54, 1.807) is 67.2 Å². The van der Waals surface area contributed by atoms with Crippen LogP contribution >= 0.6 is 11.6 Å². The number of hydrogen-bond acceptors (Lipinski definition) is 5. The number of rotatable bonds is 9. The Bertz CT molecular complexity index is 2030. The van der Waals surface area contributed by atoms with Gasteiger partial charge in [-0.1, -0.05) is 54.1 Å². The van der Waals surface area contributed by atoms with Gasteiger partial charge in [0.25, 0.3) is 21.5 Å². The van der Waals surface area contributed by atoms with Crippen LogP contribution in [-0.4, -0.2) is 41.0 Å². The van der Waals surface area contributed by atoms with Gasteiger partial charge in [0.15, 0.2) is 0 Å². The number of hydrogen-bond donors (Lipinski definition) is 1. The van der Waals surface area contributed by atoms with Crippen molar-refractivity contribution in [3.63, 3.8) is 0 Å². The van der Waals surface area contributed by atoms with Crippen molar-refractivity contribution in [1.82, 2.24) is 19.4 Å². The summed E-state index contributed by atoms with van der Waals surface area (Å²) in [5.74, 6) is -0.724. The van der Waals surface area contributed by atoms with Crippen LogP contribution in [0.4, 0.5) is 5.69 Å². The Morgan fingerprint density at radius 1 is 0.909 bits per heavy atom. The Morgan fingerprint density at radius 3 is 2.20 bits per heavy atom. The summed E-state index contributed by atoms with van der Waals surface area (Å²) < 4.78 is 33.6. The molecule has 0 saturated carbocycles. The summed E-state index contributed by atoms with van der Waals surface area (Å²) in [7, 11) is -2.66. The Balaban J connectivity index is 1.47. The first-order valence-corrected chi connectivity index (χ1v) is 15.5. The van der Waals surface area contributed by atoms with Crippen molar-refractivity contribution < 1.29 is 13.2 Å². The topological polar surface area (TPSA) is 111 Å². The molecule has 0 fully saturated rings. The van der Waals surface area contributed by atoms with E-state index in [2.05, 4.69) is 10.5 Å². The lowest BCUT2D eigenvalue weighted by molar-refractivity contribution is -0.119. The third kappa shape index (κ3) is 5.84. The van der Waals surface area contributed by atoms with Crippen LogP contribution in [0.25, 0.3) is 11.4 Å². The first-order chi connectivity index (χ1) is 21.0. The van der Waals surface area contributed by atoms with Crippen LogP contribution in [0.5, 0.6) is 0 Å². The van der Waals surface area contributed by atoms with Crippen LogP contribution in [0.2, 0.25) is 5.02 Å². The van der Waals surface area contributed by atoms with Crippen molar-refractivity contribution in [3.05, 3.63) is 129 Å². The number of benzene rings is 3. The molecule has 2 aromatic heterocycles. The zero-order valence-corrected chi connectivity index (χ0v) is 26.2. The largest absolute Gasteiger partial charge is 0.318 e. The second-order valence-electron chi connectivity index (χ2n) is 10.2. The smallest absolute Gasteiger partial charge is 0.296 e. The molecule has 226 valence electrons. The third-order valence-electron chi connectivity index (χ3n) is 7.32. The monoisotopic (exact) mass is 630 g/mol. The molecule has 12 heteroatoms. The highest BCUT2D eigenvalue weighted by Gasteiger charge is 2.33. The molecule has 0 aliphatic rings. The van der Waals surface area contributed by atoms with E-state index < -0.39 is 28.0 Å². The summed E-state index contributed by atoms with van der Waals surface area (Å²) in [6.07, 6.45) is 1.49. The van der Waals surface area contributed by atoms with Crippen molar-refractivity contribution in [2.24, 2.45) is 12.1 Å². The van der Waals surface area contributed by atoms with Crippen molar-refractivity contribution in [2.75, 3.05) is 10.8 Å². The summed E-state index contributed by atoms with van der Waals surface area (Å²) >= 11 is 6.19. The van der Waals surface area contributed by atoms with E-state index >= 15 is 0 Å². The molecule has 5 aromatic rings. The highest BCUT2D eigenvalue weighted by molar-refractivity contribution is 7.92. The molecule has 0 aliphatic carbocycles. The minimum atomic E-state index is -4.32. The van der Waals surface area contributed by atoms with E-state index in [1.165, 1.54) is 23.0 Å². The first-order valence-electron chi connectivity index (χ1n) is 13.7.